The Morgan fingerprint density at radius 3 is 2.86 bits per heavy atom. The van der Waals surface area contributed by atoms with Crippen molar-refractivity contribution in [2.75, 3.05) is 33.4 Å². The Morgan fingerprint density at radius 1 is 1.25 bits per heavy atom. The van der Waals surface area contributed by atoms with Crippen LogP contribution in [0.4, 0.5) is 0 Å². The zero-order chi connectivity index (χ0) is 31.1. The average molecular weight is 642 g/mol. The van der Waals surface area contributed by atoms with Crippen molar-refractivity contribution in [3.63, 3.8) is 0 Å². The number of methoxy groups -OCH3 is 1. The minimum atomic E-state index is -1.40. The number of carbonyl (C=O) groups is 1. The van der Waals surface area contributed by atoms with E-state index in [0.29, 0.717) is 62.6 Å². The van der Waals surface area contributed by atoms with Crippen LogP contribution in [0.15, 0.2) is 54.0 Å². The predicted molar refractivity (Wildman–Crippen MR) is 174 cm³/mol. The van der Waals surface area contributed by atoms with Crippen molar-refractivity contribution >= 4 is 28.8 Å². The van der Waals surface area contributed by atoms with E-state index in [1.807, 2.05) is 40.6 Å². The molecule has 2 fully saturated rings. The summed E-state index contributed by atoms with van der Waals surface area (Å²) in [4.78, 5) is 20.0. The highest BCUT2D eigenvalue weighted by Crippen LogP contribution is 2.43. The van der Waals surface area contributed by atoms with Crippen LogP contribution in [0, 0.1) is 5.92 Å². The second-order valence-electron chi connectivity index (χ2n) is 11.9. The Hall–Kier alpha value is -2.37. The fraction of sp³-hybridized carbons (Fsp3) is 0.529. The van der Waals surface area contributed by atoms with Gasteiger partial charge in [-0.25, -0.2) is 4.98 Å². The molecule has 3 aromatic rings. The summed E-state index contributed by atoms with van der Waals surface area (Å²) < 4.78 is 11.6. The molecule has 1 aliphatic heterocycles. The number of hydrogen-bond donors (Lipinski definition) is 3. The molecule has 8 nitrogen and oxygen atoms in total. The summed E-state index contributed by atoms with van der Waals surface area (Å²) in [6, 6.07) is 13.7. The number of nitrogens with zero attached hydrogens (tertiary/aromatic N) is 2. The number of morpholine rings is 1. The fourth-order valence-electron chi connectivity index (χ4n) is 6.63. The lowest BCUT2D eigenvalue weighted by Gasteiger charge is -2.44. The molecule has 1 aromatic heterocycles. The molecular formula is C34H44ClN3O5S. The van der Waals surface area contributed by atoms with Crippen LogP contribution in [0.2, 0.25) is 5.02 Å². The van der Waals surface area contributed by atoms with Crippen LogP contribution >= 0.6 is 22.9 Å². The number of aliphatic hydroxyl groups excluding tert-OH is 1. The summed E-state index contributed by atoms with van der Waals surface area (Å²) in [6.07, 6.45) is 4.27. The number of rotatable bonds is 13. The lowest BCUT2D eigenvalue weighted by molar-refractivity contribution is -0.167. The molecular weight excluding hydrogens is 598 g/mol. The molecule has 0 spiro atoms. The smallest absolute Gasteiger partial charge is 0.226 e. The predicted octanol–water partition coefficient (Wildman–Crippen LogP) is 5.19. The van der Waals surface area contributed by atoms with Gasteiger partial charge in [0.05, 0.1) is 19.3 Å². The molecule has 2 heterocycles. The number of carbonyl (C=O) groups excluding carboxylic acids is 1. The molecule has 1 saturated heterocycles. The van der Waals surface area contributed by atoms with E-state index in [4.69, 9.17) is 21.1 Å². The second kappa shape index (κ2) is 15.3. The van der Waals surface area contributed by atoms with E-state index in [-0.39, 0.29) is 24.4 Å². The Balaban J connectivity index is 1.38. The maximum absolute atomic E-state index is 13.8. The molecule has 0 radical (unpaired) electrons. The number of ether oxygens (including phenoxy) is 2. The van der Waals surface area contributed by atoms with Crippen LogP contribution in [0.1, 0.15) is 55.2 Å². The van der Waals surface area contributed by atoms with Crippen LogP contribution < -0.4 is 5.32 Å². The van der Waals surface area contributed by atoms with Gasteiger partial charge in [-0.05, 0) is 61.3 Å². The minimum Gasteiger partial charge on any atom is -0.391 e. The van der Waals surface area contributed by atoms with E-state index < -0.39 is 17.8 Å². The van der Waals surface area contributed by atoms with Gasteiger partial charge in [0, 0.05) is 60.9 Å². The number of aromatic nitrogens is 1. The highest BCUT2D eigenvalue weighted by Gasteiger charge is 2.46. The maximum Gasteiger partial charge on any atom is 0.226 e. The van der Waals surface area contributed by atoms with Gasteiger partial charge >= 0.3 is 0 Å². The number of benzene rings is 2. The number of amides is 1. The van der Waals surface area contributed by atoms with E-state index in [1.54, 1.807) is 24.6 Å². The average Bonchev–Trinajstić information content (AvgIpc) is 3.71. The summed E-state index contributed by atoms with van der Waals surface area (Å²) in [5, 5.41) is 30.3. The highest BCUT2D eigenvalue weighted by molar-refractivity contribution is 7.09. The monoisotopic (exact) mass is 641 g/mol. The molecule has 1 aliphatic carbocycles. The first-order valence-corrected chi connectivity index (χ1v) is 16.9. The first kappa shape index (κ1) is 33.0. The largest absolute Gasteiger partial charge is 0.391 e. The summed E-state index contributed by atoms with van der Waals surface area (Å²) >= 11 is 8.43. The van der Waals surface area contributed by atoms with Crippen molar-refractivity contribution in [1.82, 2.24) is 15.2 Å². The highest BCUT2D eigenvalue weighted by atomic mass is 35.5. The molecule has 3 N–H and O–H groups in total. The van der Waals surface area contributed by atoms with E-state index in [9.17, 15) is 15.0 Å². The third kappa shape index (κ3) is 7.53. The minimum absolute atomic E-state index is 0.000374. The number of thiazole rings is 1. The van der Waals surface area contributed by atoms with Gasteiger partial charge in [0.2, 0.25) is 5.91 Å². The maximum atomic E-state index is 13.8. The Kier molecular flexibility index (Phi) is 11.5. The molecule has 2 aromatic carbocycles. The molecule has 5 unspecified atom stereocenters. The van der Waals surface area contributed by atoms with Gasteiger partial charge in [0.15, 0.2) is 0 Å². The standard InChI is InChI=1S/C34H44ClN3O5S/c1-3-23-8-6-9-24(18-23)32-26(10-7-11-27(32)35)34(41,12-4-5-15-42-2)30-22-38(14-16-43-30)33(40)25-19-28(29(39)20-25)37-21-31-36-13-17-44-31/h6-11,13,17-18,25,28-30,37,39,41H,3-5,12,14-16,19-22H2,1-2H3. The summed E-state index contributed by atoms with van der Waals surface area (Å²) in [5.41, 5.74) is 2.22. The van der Waals surface area contributed by atoms with Crippen LogP contribution in [0.5, 0.6) is 0 Å². The molecule has 1 saturated carbocycles. The van der Waals surface area contributed by atoms with Gasteiger partial charge in [-0.3, -0.25) is 4.79 Å². The summed E-state index contributed by atoms with van der Waals surface area (Å²) in [5.74, 6) is -0.301. The Labute approximate surface area is 269 Å². The Morgan fingerprint density at radius 2 is 2.09 bits per heavy atom. The summed E-state index contributed by atoms with van der Waals surface area (Å²) in [7, 11) is 1.68. The van der Waals surface area contributed by atoms with Gasteiger partial charge in [0.25, 0.3) is 0 Å². The number of hydrogen-bond acceptors (Lipinski definition) is 8. The van der Waals surface area contributed by atoms with Gasteiger partial charge in [-0.1, -0.05) is 54.9 Å². The fourth-order valence-corrected chi connectivity index (χ4v) is 7.48. The normalized spacial score (nSPS) is 23.5. The van der Waals surface area contributed by atoms with E-state index in [1.165, 1.54) is 5.56 Å². The van der Waals surface area contributed by atoms with Crippen LogP contribution in [-0.2, 0) is 32.8 Å². The zero-order valence-corrected chi connectivity index (χ0v) is 27.2. The van der Waals surface area contributed by atoms with Gasteiger partial charge in [-0.2, -0.15) is 0 Å². The van der Waals surface area contributed by atoms with Gasteiger partial charge in [-0.15, -0.1) is 11.3 Å². The van der Waals surface area contributed by atoms with E-state index in [2.05, 4.69) is 29.4 Å². The number of nitrogens with one attached hydrogen (secondary N) is 1. The topological polar surface area (TPSA) is 104 Å². The molecule has 5 rings (SSSR count). The molecule has 1 amide bonds. The van der Waals surface area contributed by atoms with Crippen molar-refractivity contribution in [3.8, 4) is 11.1 Å². The molecule has 238 valence electrons. The lowest BCUT2D eigenvalue weighted by atomic mass is 9.78. The van der Waals surface area contributed by atoms with Crippen LogP contribution in [0.25, 0.3) is 11.1 Å². The quantitative estimate of drug-likeness (QED) is 0.221. The Bertz CT molecular complexity index is 1370. The van der Waals surface area contributed by atoms with Crippen molar-refractivity contribution in [3.05, 3.63) is 75.2 Å². The van der Waals surface area contributed by atoms with Gasteiger partial charge in [0.1, 0.15) is 16.7 Å². The first-order valence-electron chi connectivity index (χ1n) is 15.6. The first-order chi connectivity index (χ1) is 21.3. The number of unbranched alkanes of at least 4 members (excludes halogenated alkanes) is 1. The number of halogens is 1. The number of aryl methyl sites for hydroxylation is 1. The summed E-state index contributed by atoms with van der Waals surface area (Å²) in [6.45, 7) is 4.29. The third-order valence-electron chi connectivity index (χ3n) is 9.05. The SMILES string of the molecule is CCc1cccc(-c2c(Cl)cccc2C(O)(CCCCOC)C2CN(C(=O)C3CC(O)C(NCc4nccs4)C3)CCO2)c1. The van der Waals surface area contributed by atoms with Crippen molar-refractivity contribution < 1.29 is 24.5 Å². The molecule has 0 bridgehead atoms. The van der Waals surface area contributed by atoms with Crippen molar-refractivity contribution in [2.45, 2.75) is 75.8 Å². The molecule has 10 heteroatoms. The zero-order valence-electron chi connectivity index (χ0n) is 25.6. The third-order valence-corrected chi connectivity index (χ3v) is 10.1. The van der Waals surface area contributed by atoms with Crippen molar-refractivity contribution in [1.29, 1.82) is 0 Å². The molecule has 5 atom stereocenters. The van der Waals surface area contributed by atoms with Crippen LogP contribution in [-0.4, -0.2) is 77.7 Å². The van der Waals surface area contributed by atoms with E-state index >= 15 is 0 Å². The molecule has 44 heavy (non-hydrogen) atoms. The number of aliphatic hydroxyl groups is 2. The van der Waals surface area contributed by atoms with E-state index in [0.717, 1.165) is 29.0 Å². The lowest BCUT2D eigenvalue weighted by Crippen LogP contribution is -2.55. The van der Waals surface area contributed by atoms with Crippen molar-refractivity contribution in [2.24, 2.45) is 5.92 Å². The van der Waals surface area contributed by atoms with Crippen LogP contribution in [0.3, 0.4) is 0 Å². The molecule has 2 aliphatic rings. The second-order valence-corrected chi connectivity index (χ2v) is 13.3. The van der Waals surface area contributed by atoms with Gasteiger partial charge < -0.3 is 29.9 Å².